The van der Waals surface area contributed by atoms with Crippen LogP contribution in [0.1, 0.15) is 5.56 Å². The van der Waals surface area contributed by atoms with Crippen LogP contribution in [-0.2, 0) is 6.04 Å². The number of hydrogen-bond donors (Lipinski definition) is 0. The van der Waals surface area contributed by atoms with E-state index in [-0.39, 0.29) is 0 Å². The molecule has 0 N–H and O–H groups in total. The summed E-state index contributed by atoms with van der Waals surface area (Å²) in [5.41, 5.74) is 1.90. The van der Waals surface area contributed by atoms with Crippen molar-refractivity contribution >= 4 is 30.8 Å². The molecular formula is C8H9Cl2Si. The first-order valence-corrected chi connectivity index (χ1v) is 6.89. The molecule has 0 bridgehead atoms. The van der Waals surface area contributed by atoms with E-state index in [4.69, 9.17) is 22.7 Å². The molecule has 0 atom stereocenters. The van der Waals surface area contributed by atoms with Gasteiger partial charge in [0.2, 0.25) is 0 Å². The van der Waals surface area contributed by atoms with Crippen LogP contribution >= 0.6 is 22.7 Å². The third-order valence-electron chi connectivity index (χ3n) is 1.38. The van der Waals surface area contributed by atoms with Crippen LogP contribution in [0.2, 0.25) is 0 Å². The maximum absolute atomic E-state index is 5.97. The summed E-state index contributed by atoms with van der Waals surface area (Å²) >= 11 is 11.6. The molecule has 0 spiro atoms. The Kier molecular flexibility index (Phi) is 3.98. The number of halogens is 2. The van der Waals surface area contributed by atoms with E-state index in [2.05, 4.69) is 12.1 Å². The lowest BCUT2D eigenvalue weighted by atomic mass is 10.2. The van der Waals surface area contributed by atoms with Gasteiger partial charge in [0, 0.05) is 5.50 Å². The van der Waals surface area contributed by atoms with E-state index in [1.807, 2.05) is 18.2 Å². The van der Waals surface area contributed by atoms with Crippen LogP contribution in [0.5, 0.6) is 0 Å². The van der Waals surface area contributed by atoms with Crippen molar-refractivity contribution in [1.29, 1.82) is 0 Å². The summed E-state index contributed by atoms with van der Waals surface area (Å²) in [5.74, 6) is 0. The number of benzene rings is 1. The normalized spacial score (nSPS) is 10.5. The molecule has 0 nitrogen and oxygen atoms in total. The van der Waals surface area contributed by atoms with Crippen molar-refractivity contribution in [2.75, 3.05) is 5.50 Å². The molecule has 1 radical (unpaired) electrons. The van der Waals surface area contributed by atoms with Crippen molar-refractivity contribution in [3.8, 4) is 0 Å². The van der Waals surface area contributed by atoms with Gasteiger partial charge in [-0.2, -0.15) is 11.1 Å². The van der Waals surface area contributed by atoms with Crippen molar-refractivity contribution < 1.29 is 0 Å². The third-order valence-corrected chi connectivity index (χ3v) is 4.65. The standard InChI is InChI=1S/C8H9Cl2Si/c9-7-11(10)6-8-4-2-1-3-5-8/h1-5H,6-7H2. The van der Waals surface area contributed by atoms with Gasteiger partial charge in [0.05, 0.1) is 0 Å². The number of alkyl halides is 1. The van der Waals surface area contributed by atoms with Crippen LogP contribution in [0.25, 0.3) is 0 Å². The van der Waals surface area contributed by atoms with Crippen LogP contribution in [-0.4, -0.2) is 13.6 Å². The van der Waals surface area contributed by atoms with Crippen molar-refractivity contribution in [1.82, 2.24) is 0 Å². The summed E-state index contributed by atoms with van der Waals surface area (Å²) in [6, 6.07) is 11.2. The molecule has 0 aromatic heterocycles. The van der Waals surface area contributed by atoms with Crippen LogP contribution < -0.4 is 0 Å². The monoisotopic (exact) mass is 203 g/mol. The zero-order valence-corrected chi connectivity index (χ0v) is 8.57. The predicted molar refractivity (Wildman–Crippen MR) is 52.5 cm³/mol. The van der Waals surface area contributed by atoms with Crippen molar-refractivity contribution in [2.45, 2.75) is 6.04 Å². The van der Waals surface area contributed by atoms with Gasteiger partial charge in [-0.3, -0.25) is 0 Å². The molecule has 0 fully saturated rings. The zero-order chi connectivity index (χ0) is 8.10. The Morgan fingerprint density at radius 1 is 1.18 bits per heavy atom. The fraction of sp³-hybridized carbons (Fsp3) is 0.250. The van der Waals surface area contributed by atoms with Crippen molar-refractivity contribution in [3.63, 3.8) is 0 Å². The van der Waals surface area contributed by atoms with Crippen LogP contribution in [0.4, 0.5) is 0 Å². The number of hydrogen-bond acceptors (Lipinski definition) is 0. The highest BCUT2D eigenvalue weighted by Gasteiger charge is 2.05. The van der Waals surface area contributed by atoms with E-state index in [0.717, 1.165) is 6.04 Å². The minimum absolute atomic E-state index is 0.612. The molecule has 1 rings (SSSR count). The zero-order valence-electron chi connectivity index (χ0n) is 6.06. The van der Waals surface area contributed by atoms with Crippen molar-refractivity contribution in [2.24, 2.45) is 0 Å². The lowest BCUT2D eigenvalue weighted by molar-refractivity contribution is 1.37. The Bertz CT molecular complexity index is 201. The lowest BCUT2D eigenvalue weighted by Gasteiger charge is -2.01. The van der Waals surface area contributed by atoms with Crippen molar-refractivity contribution in [3.05, 3.63) is 35.9 Å². The second-order valence-electron chi connectivity index (χ2n) is 2.31. The summed E-state index contributed by atoms with van der Waals surface area (Å²) in [7, 11) is -0.844. The molecule has 0 amide bonds. The molecule has 0 unspecified atom stereocenters. The van der Waals surface area contributed by atoms with Gasteiger partial charge < -0.3 is 0 Å². The molecule has 0 aliphatic rings. The van der Waals surface area contributed by atoms with E-state index in [0.29, 0.717) is 5.50 Å². The highest BCUT2D eigenvalue weighted by molar-refractivity contribution is 7.09. The first kappa shape index (κ1) is 9.11. The molecule has 0 heterocycles. The Hall–Kier alpha value is 0.0169. The van der Waals surface area contributed by atoms with Gasteiger partial charge >= 0.3 is 0 Å². The quantitative estimate of drug-likeness (QED) is 0.403. The maximum atomic E-state index is 5.97. The molecular weight excluding hydrogens is 195 g/mol. The Labute approximate surface area is 78.5 Å². The fourth-order valence-corrected chi connectivity index (χ4v) is 2.38. The lowest BCUT2D eigenvalue weighted by Crippen LogP contribution is -2.10. The molecule has 0 aliphatic heterocycles. The second kappa shape index (κ2) is 4.81. The average molecular weight is 204 g/mol. The molecule has 0 aliphatic carbocycles. The highest BCUT2D eigenvalue weighted by Crippen LogP contribution is 2.05. The first-order valence-electron chi connectivity index (χ1n) is 3.43. The van der Waals surface area contributed by atoms with E-state index in [1.54, 1.807) is 0 Å². The van der Waals surface area contributed by atoms with Gasteiger partial charge in [-0.05, 0) is 11.6 Å². The van der Waals surface area contributed by atoms with Gasteiger partial charge in [-0.1, -0.05) is 30.3 Å². The van der Waals surface area contributed by atoms with Gasteiger partial charge in [-0.15, -0.1) is 11.6 Å². The van der Waals surface area contributed by atoms with Crippen LogP contribution in [0.15, 0.2) is 30.3 Å². The van der Waals surface area contributed by atoms with E-state index in [9.17, 15) is 0 Å². The Morgan fingerprint density at radius 2 is 1.82 bits per heavy atom. The predicted octanol–water partition coefficient (Wildman–Crippen LogP) is 2.78. The Morgan fingerprint density at radius 3 is 2.36 bits per heavy atom. The molecule has 3 heteroatoms. The van der Waals surface area contributed by atoms with E-state index < -0.39 is 8.11 Å². The Balaban J connectivity index is 2.51. The average Bonchev–Trinajstić information content (AvgIpc) is 2.06. The highest BCUT2D eigenvalue weighted by atomic mass is 35.6. The summed E-state index contributed by atoms with van der Waals surface area (Å²) in [6.07, 6.45) is 0. The minimum Gasteiger partial charge on any atom is -0.167 e. The molecule has 11 heavy (non-hydrogen) atoms. The molecule has 0 saturated carbocycles. The van der Waals surface area contributed by atoms with Gasteiger partial charge in [0.15, 0.2) is 8.11 Å². The summed E-state index contributed by atoms with van der Waals surface area (Å²) in [5, 5.41) is 0. The molecule has 1 aromatic rings. The van der Waals surface area contributed by atoms with Gasteiger partial charge in [0.1, 0.15) is 0 Å². The second-order valence-corrected chi connectivity index (χ2v) is 6.37. The SMILES string of the molecule is ClC[Si](Cl)Cc1ccccc1. The fourth-order valence-electron chi connectivity index (χ4n) is 0.865. The maximum Gasteiger partial charge on any atom is 0.185 e. The smallest absolute Gasteiger partial charge is 0.167 e. The third kappa shape index (κ3) is 3.28. The molecule has 0 saturated heterocycles. The summed E-state index contributed by atoms with van der Waals surface area (Å²) in [4.78, 5) is 0. The molecule has 59 valence electrons. The largest absolute Gasteiger partial charge is 0.185 e. The summed E-state index contributed by atoms with van der Waals surface area (Å²) in [6.45, 7) is 0. The van der Waals surface area contributed by atoms with Gasteiger partial charge in [0.25, 0.3) is 0 Å². The van der Waals surface area contributed by atoms with E-state index in [1.165, 1.54) is 5.56 Å². The van der Waals surface area contributed by atoms with Gasteiger partial charge in [-0.25, -0.2) is 0 Å². The minimum atomic E-state index is -0.844. The first-order chi connectivity index (χ1) is 5.33. The topological polar surface area (TPSA) is 0 Å². The summed E-state index contributed by atoms with van der Waals surface area (Å²) < 4.78 is 0. The number of rotatable bonds is 3. The molecule has 1 aromatic carbocycles. The van der Waals surface area contributed by atoms with Crippen LogP contribution in [0, 0.1) is 0 Å². The van der Waals surface area contributed by atoms with Crippen LogP contribution in [0.3, 0.4) is 0 Å². The van der Waals surface area contributed by atoms with E-state index >= 15 is 0 Å².